The lowest BCUT2D eigenvalue weighted by Gasteiger charge is -2.26. The molecular weight excluding hydrogens is 497 g/mol. The van der Waals surface area contributed by atoms with E-state index in [1.165, 1.54) is 29.8 Å². The van der Waals surface area contributed by atoms with Crippen molar-refractivity contribution in [2.24, 2.45) is 0 Å². The molecule has 0 aromatic heterocycles. The fraction of sp³-hybridized carbons (Fsp3) is 0.231. The first-order valence-corrected chi connectivity index (χ1v) is 11.5. The van der Waals surface area contributed by atoms with Crippen LogP contribution in [0.25, 0.3) is 0 Å². The number of para-hydroxylation sites is 1. The van der Waals surface area contributed by atoms with Crippen LogP contribution >= 0.6 is 11.6 Å². The molecule has 1 aliphatic heterocycles. The van der Waals surface area contributed by atoms with Crippen LogP contribution in [0, 0.1) is 5.82 Å². The van der Waals surface area contributed by atoms with Crippen molar-refractivity contribution < 1.29 is 32.6 Å². The van der Waals surface area contributed by atoms with Crippen molar-refractivity contribution in [2.45, 2.75) is 25.3 Å². The number of alkyl halides is 2. The van der Waals surface area contributed by atoms with Crippen LogP contribution < -0.4 is 15.0 Å². The number of fused-ring (bicyclic) bond motifs is 1. The van der Waals surface area contributed by atoms with Gasteiger partial charge in [-0.25, -0.2) is 9.18 Å². The number of carbonyl (C=O) groups excluding carboxylic acids is 1. The number of ether oxygens (including phenoxy) is 1. The molecule has 1 atom stereocenters. The average Bonchev–Trinajstić information content (AvgIpc) is 3.22. The number of nitrogens with one attached hydrogen (secondary N) is 1. The number of carbonyl (C=O) groups is 2. The lowest BCUT2D eigenvalue weighted by molar-refractivity contribution is -0.166. The summed E-state index contributed by atoms with van der Waals surface area (Å²) >= 11 is 6.11. The predicted octanol–water partition coefficient (Wildman–Crippen LogP) is 5.74. The second-order valence-electron chi connectivity index (χ2n) is 8.24. The zero-order valence-electron chi connectivity index (χ0n) is 19.1. The monoisotopic (exact) mass is 518 g/mol. The van der Waals surface area contributed by atoms with Gasteiger partial charge in [-0.05, 0) is 49.2 Å². The van der Waals surface area contributed by atoms with Gasteiger partial charge in [-0.2, -0.15) is 8.78 Å². The number of anilines is 2. The summed E-state index contributed by atoms with van der Waals surface area (Å²) in [5, 5.41) is 10.6. The Bertz CT molecular complexity index is 1320. The average molecular weight is 519 g/mol. The van der Waals surface area contributed by atoms with Crippen molar-refractivity contribution >= 4 is 34.9 Å². The first-order valence-electron chi connectivity index (χ1n) is 11.1. The number of likely N-dealkylation sites (N-methyl/N-ethyl adjacent to an activating group) is 1. The Hall–Kier alpha value is -3.72. The van der Waals surface area contributed by atoms with Crippen LogP contribution in [0.3, 0.4) is 0 Å². The van der Waals surface area contributed by atoms with Crippen molar-refractivity contribution in [1.29, 1.82) is 0 Å². The molecule has 0 saturated carbocycles. The molecule has 1 aliphatic rings. The number of amides is 1. The van der Waals surface area contributed by atoms with E-state index in [1.54, 1.807) is 0 Å². The van der Waals surface area contributed by atoms with E-state index in [0.29, 0.717) is 0 Å². The van der Waals surface area contributed by atoms with E-state index in [2.05, 4.69) is 10.2 Å². The number of benzene rings is 3. The highest BCUT2D eigenvalue weighted by Crippen LogP contribution is 2.34. The van der Waals surface area contributed by atoms with Gasteiger partial charge in [0.1, 0.15) is 6.61 Å². The van der Waals surface area contributed by atoms with Gasteiger partial charge in [-0.1, -0.05) is 41.9 Å². The molecule has 0 saturated heterocycles. The maximum absolute atomic E-state index is 15.0. The summed E-state index contributed by atoms with van der Waals surface area (Å²) in [4.78, 5) is 25.6. The Morgan fingerprint density at radius 1 is 1.17 bits per heavy atom. The van der Waals surface area contributed by atoms with Gasteiger partial charge in [0.2, 0.25) is 0 Å². The number of carboxylic acid groups (broad SMARTS) is 1. The Balaban J connectivity index is 1.46. The summed E-state index contributed by atoms with van der Waals surface area (Å²) in [5.41, 5.74) is 1.15. The molecule has 2 N–H and O–H groups in total. The van der Waals surface area contributed by atoms with E-state index in [1.807, 2.05) is 31.2 Å². The van der Waals surface area contributed by atoms with Crippen LogP contribution in [0.15, 0.2) is 60.7 Å². The molecule has 0 unspecified atom stereocenters. The second kappa shape index (κ2) is 10.1. The Morgan fingerprint density at radius 2 is 1.92 bits per heavy atom. The Labute approximate surface area is 210 Å². The second-order valence-corrected chi connectivity index (χ2v) is 8.62. The maximum atomic E-state index is 15.0. The highest BCUT2D eigenvalue weighted by molar-refractivity contribution is 6.34. The third-order valence-corrected chi connectivity index (χ3v) is 6.38. The molecule has 0 spiro atoms. The summed E-state index contributed by atoms with van der Waals surface area (Å²) in [5.74, 6) is -8.36. The first-order chi connectivity index (χ1) is 17.1. The third kappa shape index (κ3) is 4.83. The number of aliphatic carboxylic acids is 1. The van der Waals surface area contributed by atoms with E-state index < -0.39 is 34.2 Å². The zero-order valence-corrected chi connectivity index (χ0v) is 19.9. The summed E-state index contributed by atoms with van der Waals surface area (Å²) < 4.78 is 48.3. The fourth-order valence-corrected chi connectivity index (χ4v) is 4.46. The van der Waals surface area contributed by atoms with Gasteiger partial charge in [0.05, 0.1) is 16.6 Å². The van der Waals surface area contributed by atoms with E-state index in [-0.39, 0.29) is 29.6 Å². The molecule has 188 valence electrons. The van der Waals surface area contributed by atoms with Crippen molar-refractivity contribution in [3.8, 4) is 5.75 Å². The Kier molecular flexibility index (Phi) is 7.12. The van der Waals surface area contributed by atoms with Gasteiger partial charge >= 0.3 is 11.9 Å². The summed E-state index contributed by atoms with van der Waals surface area (Å²) in [7, 11) is 0. The first kappa shape index (κ1) is 25.4. The Morgan fingerprint density at radius 3 is 2.64 bits per heavy atom. The molecule has 10 heteroatoms. The standard InChI is InChI=1S/C26H22ClF3N2O4/c1-2-32-18(12-15-6-3-4-9-20(15)32)14-36-21-11-10-19(22(27)23(21)28)24(33)31-17-8-5-7-16(13-17)26(29,30)25(34)35/h3-11,13,18H,2,12,14H2,1H3,(H,31,33)(H,34,35)/t18-/m1/s1. The minimum atomic E-state index is -4.14. The summed E-state index contributed by atoms with van der Waals surface area (Å²) in [6.45, 7) is 2.98. The van der Waals surface area contributed by atoms with Crippen molar-refractivity contribution in [1.82, 2.24) is 0 Å². The topological polar surface area (TPSA) is 78.9 Å². The number of hydrogen-bond donors (Lipinski definition) is 2. The van der Waals surface area contributed by atoms with Crippen LogP contribution in [-0.4, -0.2) is 36.2 Å². The predicted molar refractivity (Wildman–Crippen MR) is 130 cm³/mol. The normalized spacial score (nSPS) is 14.9. The molecule has 0 radical (unpaired) electrons. The van der Waals surface area contributed by atoms with Crippen LogP contribution in [0.5, 0.6) is 5.75 Å². The molecule has 6 nitrogen and oxygen atoms in total. The molecule has 3 aromatic carbocycles. The number of nitrogens with zero attached hydrogens (tertiary/aromatic N) is 1. The van der Waals surface area contributed by atoms with Crippen LogP contribution in [0.1, 0.15) is 28.4 Å². The third-order valence-electron chi connectivity index (χ3n) is 6.01. The molecule has 0 bridgehead atoms. The highest BCUT2D eigenvalue weighted by atomic mass is 35.5. The summed E-state index contributed by atoms with van der Waals surface area (Å²) in [6, 6.07) is 14.8. The molecule has 36 heavy (non-hydrogen) atoms. The molecule has 0 aliphatic carbocycles. The van der Waals surface area contributed by atoms with Gasteiger partial charge < -0.3 is 20.1 Å². The largest absolute Gasteiger partial charge is 0.488 e. The summed E-state index contributed by atoms with van der Waals surface area (Å²) in [6.07, 6.45) is 0.750. The van der Waals surface area contributed by atoms with Gasteiger partial charge in [0, 0.05) is 23.5 Å². The zero-order chi connectivity index (χ0) is 26.0. The van der Waals surface area contributed by atoms with Gasteiger partial charge in [-0.3, -0.25) is 4.79 Å². The number of carboxylic acids is 1. The SMILES string of the molecule is CCN1c2ccccc2C[C@@H]1COc1ccc(C(=O)Nc2cccc(C(F)(F)C(=O)O)c2)c(Cl)c1F. The molecule has 4 rings (SSSR count). The van der Waals surface area contributed by atoms with E-state index in [4.69, 9.17) is 21.4 Å². The molecule has 0 fully saturated rings. The van der Waals surface area contributed by atoms with Gasteiger partial charge in [0.25, 0.3) is 5.91 Å². The lowest BCUT2D eigenvalue weighted by Crippen LogP contribution is -2.36. The molecule has 1 heterocycles. The molecule has 1 amide bonds. The van der Waals surface area contributed by atoms with Crippen LogP contribution in [-0.2, 0) is 17.1 Å². The minimum Gasteiger partial charge on any atom is -0.488 e. The van der Waals surface area contributed by atoms with Crippen molar-refractivity contribution in [2.75, 3.05) is 23.4 Å². The smallest absolute Gasteiger partial charge is 0.379 e. The van der Waals surface area contributed by atoms with E-state index >= 15 is 0 Å². The van der Waals surface area contributed by atoms with E-state index in [0.717, 1.165) is 30.8 Å². The van der Waals surface area contributed by atoms with Crippen molar-refractivity contribution in [3.63, 3.8) is 0 Å². The maximum Gasteiger partial charge on any atom is 0.379 e. The fourth-order valence-electron chi connectivity index (χ4n) is 4.22. The minimum absolute atomic E-state index is 0.00441. The number of hydrogen-bond acceptors (Lipinski definition) is 4. The number of halogens is 4. The number of rotatable bonds is 8. The highest BCUT2D eigenvalue weighted by Gasteiger charge is 2.41. The quantitative estimate of drug-likeness (QED) is 0.398. The van der Waals surface area contributed by atoms with Gasteiger partial charge in [0.15, 0.2) is 11.6 Å². The lowest BCUT2D eigenvalue weighted by atomic mass is 10.1. The van der Waals surface area contributed by atoms with Crippen LogP contribution in [0.2, 0.25) is 5.02 Å². The van der Waals surface area contributed by atoms with E-state index in [9.17, 15) is 22.8 Å². The molecular formula is C26H22ClF3N2O4. The van der Waals surface area contributed by atoms with Crippen LogP contribution in [0.4, 0.5) is 24.5 Å². The van der Waals surface area contributed by atoms with Crippen molar-refractivity contribution in [3.05, 3.63) is 88.2 Å². The van der Waals surface area contributed by atoms with Gasteiger partial charge in [-0.15, -0.1) is 0 Å². The molecule has 3 aromatic rings.